The van der Waals surface area contributed by atoms with Crippen LogP contribution in [0.3, 0.4) is 0 Å². The number of pyridine rings is 2. The second kappa shape index (κ2) is 5.63. The summed E-state index contributed by atoms with van der Waals surface area (Å²) in [6, 6.07) is 11.6. The Morgan fingerprint density at radius 3 is 2.76 bits per heavy atom. The number of benzene rings is 1. The molecule has 0 fully saturated rings. The van der Waals surface area contributed by atoms with Gasteiger partial charge in [-0.15, -0.1) is 0 Å². The number of aromatic nitrogens is 2. The van der Waals surface area contributed by atoms with Crippen LogP contribution in [0.5, 0.6) is 0 Å². The molecule has 5 nitrogen and oxygen atoms in total. The van der Waals surface area contributed by atoms with Crippen LogP contribution in [0.2, 0.25) is 0 Å². The molecule has 0 saturated heterocycles. The first-order chi connectivity index (χ1) is 12.1. The molecule has 0 radical (unpaired) electrons. The Balaban J connectivity index is 2.08. The summed E-state index contributed by atoms with van der Waals surface area (Å²) in [5, 5.41) is 0.991. The second-order valence-corrected chi connectivity index (χ2v) is 6.23. The quantitative estimate of drug-likeness (QED) is 0.688. The van der Waals surface area contributed by atoms with Gasteiger partial charge >= 0.3 is 0 Å². The van der Waals surface area contributed by atoms with Gasteiger partial charge in [-0.1, -0.05) is 25.1 Å². The largest absolute Gasteiger partial charge is 0.357 e. The first kappa shape index (κ1) is 15.7. The molecule has 126 valence electrons. The highest BCUT2D eigenvalue weighted by molar-refractivity contribution is 5.98. The van der Waals surface area contributed by atoms with Crippen LogP contribution in [0.1, 0.15) is 41.1 Å². The van der Waals surface area contributed by atoms with Crippen molar-refractivity contribution >= 4 is 16.7 Å². The van der Waals surface area contributed by atoms with E-state index in [4.69, 9.17) is 9.72 Å². The first-order valence-electron chi connectivity index (χ1n) is 8.29. The van der Waals surface area contributed by atoms with E-state index >= 15 is 0 Å². The maximum atomic E-state index is 12.9. The zero-order valence-corrected chi connectivity index (χ0v) is 14.4. The molecule has 1 aliphatic heterocycles. The van der Waals surface area contributed by atoms with Crippen LogP contribution < -0.4 is 5.56 Å². The lowest BCUT2D eigenvalue weighted by molar-refractivity contribution is 0.0821. The SMILES string of the molecule is CCC(=O)c1cc2n(c(=O)c1C)C(OC)c1cc3ccccc3nc1-2. The molecule has 1 aromatic carbocycles. The number of para-hydroxylation sites is 1. The van der Waals surface area contributed by atoms with Gasteiger partial charge in [0.25, 0.3) is 5.56 Å². The number of fused-ring (bicyclic) bond motifs is 4. The number of Topliss-reactive ketones (excluding diaryl/α,β-unsaturated/α-hetero) is 1. The summed E-state index contributed by atoms with van der Waals surface area (Å²) >= 11 is 0. The molecule has 0 spiro atoms. The van der Waals surface area contributed by atoms with Crippen LogP contribution in [0.4, 0.5) is 0 Å². The number of ether oxygens (including phenoxy) is 1. The van der Waals surface area contributed by atoms with E-state index in [-0.39, 0.29) is 11.3 Å². The van der Waals surface area contributed by atoms with Crippen LogP contribution in [0, 0.1) is 6.92 Å². The molecule has 3 heterocycles. The van der Waals surface area contributed by atoms with Crippen LogP contribution in [-0.4, -0.2) is 22.4 Å². The van der Waals surface area contributed by atoms with Gasteiger partial charge in [-0.05, 0) is 25.1 Å². The fourth-order valence-corrected chi connectivity index (χ4v) is 3.51. The minimum absolute atomic E-state index is 0.0405. The highest BCUT2D eigenvalue weighted by Gasteiger charge is 2.33. The molecule has 0 bridgehead atoms. The van der Waals surface area contributed by atoms with Crippen molar-refractivity contribution in [3.63, 3.8) is 0 Å². The number of methoxy groups -OCH3 is 1. The van der Waals surface area contributed by atoms with E-state index in [0.717, 1.165) is 16.5 Å². The van der Waals surface area contributed by atoms with Gasteiger partial charge < -0.3 is 4.74 Å². The highest BCUT2D eigenvalue weighted by Crippen LogP contribution is 2.39. The Kier molecular flexibility index (Phi) is 3.54. The summed E-state index contributed by atoms with van der Waals surface area (Å²) in [7, 11) is 1.58. The third kappa shape index (κ3) is 2.16. The van der Waals surface area contributed by atoms with E-state index in [1.165, 1.54) is 0 Å². The monoisotopic (exact) mass is 334 g/mol. The van der Waals surface area contributed by atoms with Gasteiger partial charge in [-0.25, -0.2) is 4.98 Å². The molecule has 0 N–H and O–H groups in total. The van der Waals surface area contributed by atoms with E-state index in [9.17, 15) is 9.59 Å². The van der Waals surface area contributed by atoms with Crippen molar-refractivity contribution in [1.82, 2.24) is 9.55 Å². The van der Waals surface area contributed by atoms with Gasteiger partial charge in [0.2, 0.25) is 0 Å². The first-order valence-corrected chi connectivity index (χ1v) is 8.29. The van der Waals surface area contributed by atoms with Crippen LogP contribution in [-0.2, 0) is 4.74 Å². The Morgan fingerprint density at radius 1 is 1.28 bits per heavy atom. The normalized spacial score (nSPS) is 15.2. The maximum Gasteiger partial charge on any atom is 0.257 e. The zero-order valence-electron chi connectivity index (χ0n) is 14.4. The topological polar surface area (TPSA) is 61.2 Å². The third-order valence-electron chi connectivity index (χ3n) is 4.83. The van der Waals surface area contributed by atoms with Crippen molar-refractivity contribution in [3.8, 4) is 11.4 Å². The summed E-state index contributed by atoms with van der Waals surface area (Å²) in [6.45, 7) is 3.49. The van der Waals surface area contributed by atoms with Crippen LogP contribution >= 0.6 is 0 Å². The summed E-state index contributed by atoms with van der Waals surface area (Å²) in [6.07, 6.45) is -0.172. The van der Waals surface area contributed by atoms with Gasteiger partial charge in [0.1, 0.15) is 0 Å². The predicted molar refractivity (Wildman–Crippen MR) is 95.9 cm³/mol. The van der Waals surface area contributed by atoms with Gasteiger partial charge in [0.05, 0.1) is 16.9 Å². The minimum atomic E-state index is -0.529. The number of hydrogen-bond donors (Lipinski definition) is 0. The molecule has 0 amide bonds. The number of nitrogens with zero attached hydrogens (tertiary/aromatic N) is 2. The molecule has 0 saturated carbocycles. The predicted octanol–water partition coefficient (Wildman–Crippen LogP) is 3.47. The van der Waals surface area contributed by atoms with Crippen molar-refractivity contribution in [2.75, 3.05) is 7.11 Å². The zero-order chi connectivity index (χ0) is 17.7. The van der Waals surface area contributed by atoms with Crippen molar-refractivity contribution in [3.05, 3.63) is 63.4 Å². The average molecular weight is 334 g/mol. The highest BCUT2D eigenvalue weighted by atomic mass is 16.5. The number of carbonyl (C=O) groups is 1. The Bertz CT molecular complexity index is 1080. The van der Waals surface area contributed by atoms with Crippen molar-refractivity contribution < 1.29 is 9.53 Å². The molecule has 0 aliphatic carbocycles. The number of carbonyl (C=O) groups excluding carboxylic acids is 1. The number of hydrogen-bond acceptors (Lipinski definition) is 4. The molecule has 3 aromatic rings. The second-order valence-electron chi connectivity index (χ2n) is 6.23. The standard InChI is InChI=1S/C20H18N2O3/c1-4-17(23)13-10-16-18-14(9-12-7-5-6-8-15(12)21-18)20(25-3)22(16)19(24)11(13)2/h5-10,20H,4H2,1-3H3. The fraction of sp³-hybridized carbons (Fsp3) is 0.250. The van der Waals surface area contributed by atoms with Crippen molar-refractivity contribution in [2.45, 2.75) is 26.5 Å². The molecule has 1 unspecified atom stereocenters. The number of ketones is 1. The fourth-order valence-electron chi connectivity index (χ4n) is 3.51. The van der Waals surface area contributed by atoms with E-state index < -0.39 is 6.23 Å². The lowest BCUT2D eigenvalue weighted by atomic mass is 10.0. The summed E-state index contributed by atoms with van der Waals surface area (Å²) in [4.78, 5) is 29.9. The van der Waals surface area contributed by atoms with Gasteiger partial charge in [0.15, 0.2) is 12.0 Å². The Hall–Kier alpha value is -2.79. The lowest BCUT2D eigenvalue weighted by Gasteiger charge is -2.15. The number of rotatable bonds is 3. The summed E-state index contributed by atoms with van der Waals surface area (Å²) < 4.78 is 7.21. The van der Waals surface area contributed by atoms with Gasteiger partial charge in [0, 0.05) is 35.6 Å². The molecule has 25 heavy (non-hydrogen) atoms. The molecule has 1 aliphatic rings. The van der Waals surface area contributed by atoms with E-state index in [1.807, 2.05) is 30.3 Å². The summed E-state index contributed by atoms with van der Waals surface area (Å²) in [5.74, 6) is -0.0405. The Morgan fingerprint density at radius 2 is 2.04 bits per heavy atom. The van der Waals surface area contributed by atoms with E-state index in [2.05, 4.69) is 0 Å². The molecule has 4 rings (SSSR count). The van der Waals surface area contributed by atoms with Crippen LogP contribution in [0.15, 0.2) is 41.2 Å². The molecular formula is C20H18N2O3. The van der Waals surface area contributed by atoms with E-state index in [1.54, 1.807) is 31.6 Å². The molecule has 5 heteroatoms. The van der Waals surface area contributed by atoms with Gasteiger partial charge in [-0.3, -0.25) is 14.2 Å². The third-order valence-corrected chi connectivity index (χ3v) is 4.83. The van der Waals surface area contributed by atoms with E-state index in [0.29, 0.717) is 28.9 Å². The Labute approximate surface area is 144 Å². The minimum Gasteiger partial charge on any atom is -0.357 e. The lowest BCUT2D eigenvalue weighted by Crippen LogP contribution is -2.28. The maximum absolute atomic E-state index is 12.9. The summed E-state index contributed by atoms with van der Waals surface area (Å²) in [5.41, 5.74) is 3.75. The molecular weight excluding hydrogens is 316 g/mol. The van der Waals surface area contributed by atoms with Crippen molar-refractivity contribution in [1.29, 1.82) is 0 Å². The molecule has 1 atom stereocenters. The van der Waals surface area contributed by atoms with Gasteiger partial charge in [-0.2, -0.15) is 0 Å². The van der Waals surface area contributed by atoms with Crippen molar-refractivity contribution in [2.24, 2.45) is 0 Å². The smallest absolute Gasteiger partial charge is 0.257 e. The molecule has 2 aromatic heterocycles. The average Bonchev–Trinajstić information content (AvgIpc) is 2.94. The van der Waals surface area contributed by atoms with Crippen LogP contribution in [0.25, 0.3) is 22.3 Å².